The number of aliphatic carboxylic acids is 1. The lowest BCUT2D eigenvalue weighted by atomic mass is 10.0. The number of carbonyl (C=O) groups is 3. The fraction of sp³-hybridized carbons (Fsp3) is 0.182. The standard InChI is InChI=1S/C20H17N3O2.C2HF3O2/c1-12(24)13-2-4-14(5-3-13)18-10-15(6-8-21-18)19-11-16-17(23-19)7-9-22-20(16)25;3-2(4,5)1(6)7/h2-6,8,10-11,23H,7,9H2,1H3,(H,22,25);(H,6,7). The summed E-state index contributed by atoms with van der Waals surface area (Å²) in [4.78, 5) is 40.0. The highest BCUT2D eigenvalue weighted by Crippen LogP contribution is 2.27. The first-order chi connectivity index (χ1) is 15.1. The zero-order chi connectivity index (χ0) is 23.5. The minimum Gasteiger partial charge on any atom is -0.475 e. The van der Waals surface area contributed by atoms with E-state index < -0.39 is 12.1 Å². The Morgan fingerprint density at radius 1 is 1.06 bits per heavy atom. The molecule has 0 fully saturated rings. The van der Waals surface area contributed by atoms with Crippen LogP contribution in [0.1, 0.15) is 33.3 Å². The van der Waals surface area contributed by atoms with Gasteiger partial charge < -0.3 is 15.4 Å². The van der Waals surface area contributed by atoms with Gasteiger partial charge in [0.2, 0.25) is 0 Å². The molecule has 0 saturated heterocycles. The lowest BCUT2D eigenvalue weighted by Gasteiger charge is -2.10. The number of pyridine rings is 1. The molecular formula is C22H18F3N3O4. The summed E-state index contributed by atoms with van der Waals surface area (Å²) >= 11 is 0. The third kappa shape index (κ3) is 5.20. The molecule has 2 aromatic heterocycles. The molecule has 0 saturated carbocycles. The van der Waals surface area contributed by atoms with Crippen molar-refractivity contribution in [3.63, 3.8) is 0 Å². The first-order valence-electron chi connectivity index (χ1n) is 9.44. The Balaban J connectivity index is 0.000000360. The van der Waals surface area contributed by atoms with Gasteiger partial charge in [-0.1, -0.05) is 24.3 Å². The smallest absolute Gasteiger partial charge is 0.475 e. The molecule has 166 valence electrons. The summed E-state index contributed by atoms with van der Waals surface area (Å²) in [7, 11) is 0. The number of amides is 1. The van der Waals surface area contributed by atoms with Crippen LogP contribution in [0.4, 0.5) is 13.2 Å². The summed E-state index contributed by atoms with van der Waals surface area (Å²) in [6.45, 7) is 2.22. The zero-order valence-electron chi connectivity index (χ0n) is 16.8. The number of rotatable bonds is 3. The van der Waals surface area contributed by atoms with Crippen molar-refractivity contribution in [2.24, 2.45) is 0 Å². The average Bonchev–Trinajstić information content (AvgIpc) is 3.20. The molecule has 0 aliphatic carbocycles. The minimum atomic E-state index is -5.08. The Kier molecular flexibility index (Phi) is 6.42. The van der Waals surface area contributed by atoms with Crippen molar-refractivity contribution >= 4 is 17.7 Å². The van der Waals surface area contributed by atoms with Gasteiger partial charge in [0.05, 0.1) is 11.3 Å². The second-order valence-electron chi connectivity index (χ2n) is 6.95. The van der Waals surface area contributed by atoms with Crippen LogP contribution < -0.4 is 5.32 Å². The van der Waals surface area contributed by atoms with Crippen LogP contribution in [0, 0.1) is 0 Å². The number of halogens is 3. The molecular weight excluding hydrogens is 427 g/mol. The molecule has 1 aliphatic heterocycles. The van der Waals surface area contributed by atoms with Crippen molar-refractivity contribution in [1.82, 2.24) is 15.3 Å². The number of hydrogen-bond acceptors (Lipinski definition) is 4. The van der Waals surface area contributed by atoms with Gasteiger partial charge in [0.15, 0.2) is 5.78 Å². The normalized spacial score (nSPS) is 12.8. The number of ketones is 1. The van der Waals surface area contributed by atoms with E-state index in [0.717, 1.165) is 34.6 Å². The van der Waals surface area contributed by atoms with Crippen LogP contribution in [-0.4, -0.2) is 45.5 Å². The van der Waals surface area contributed by atoms with Gasteiger partial charge in [0.1, 0.15) is 0 Å². The molecule has 4 rings (SSSR count). The predicted octanol–water partition coefficient (Wildman–Crippen LogP) is 3.87. The van der Waals surface area contributed by atoms with Gasteiger partial charge in [-0.25, -0.2) is 4.79 Å². The molecule has 3 aromatic rings. The van der Waals surface area contributed by atoms with Gasteiger partial charge in [-0.3, -0.25) is 14.6 Å². The van der Waals surface area contributed by atoms with Crippen LogP contribution in [0.5, 0.6) is 0 Å². The summed E-state index contributed by atoms with van der Waals surface area (Å²) < 4.78 is 31.7. The molecule has 0 spiro atoms. The van der Waals surface area contributed by atoms with Crippen LogP contribution in [0.15, 0.2) is 48.7 Å². The number of nitrogens with zero attached hydrogens (tertiary/aromatic N) is 1. The second kappa shape index (κ2) is 9.04. The van der Waals surface area contributed by atoms with Gasteiger partial charge >= 0.3 is 12.1 Å². The van der Waals surface area contributed by atoms with E-state index in [2.05, 4.69) is 15.3 Å². The van der Waals surface area contributed by atoms with Crippen molar-refractivity contribution in [2.45, 2.75) is 19.5 Å². The Morgan fingerprint density at radius 2 is 1.72 bits per heavy atom. The maximum Gasteiger partial charge on any atom is 0.490 e. The molecule has 1 aromatic carbocycles. The van der Waals surface area contributed by atoms with E-state index in [-0.39, 0.29) is 11.7 Å². The van der Waals surface area contributed by atoms with Crippen LogP contribution >= 0.6 is 0 Å². The van der Waals surface area contributed by atoms with Crippen molar-refractivity contribution in [3.8, 4) is 22.5 Å². The van der Waals surface area contributed by atoms with E-state index in [0.29, 0.717) is 17.7 Å². The van der Waals surface area contributed by atoms with Crippen LogP contribution in [0.25, 0.3) is 22.5 Å². The van der Waals surface area contributed by atoms with E-state index >= 15 is 0 Å². The molecule has 32 heavy (non-hydrogen) atoms. The number of aromatic nitrogens is 2. The summed E-state index contributed by atoms with van der Waals surface area (Å²) in [5, 5.41) is 9.98. The summed E-state index contributed by atoms with van der Waals surface area (Å²) in [5.41, 5.74) is 6.02. The highest BCUT2D eigenvalue weighted by Gasteiger charge is 2.38. The number of carbonyl (C=O) groups excluding carboxylic acids is 2. The molecule has 0 unspecified atom stereocenters. The van der Waals surface area contributed by atoms with Gasteiger partial charge in [-0.2, -0.15) is 13.2 Å². The number of carboxylic acids is 1. The number of Topliss-reactive ketones (excluding diaryl/α,β-unsaturated/α-hetero) is 1. The van der Waals surface area contributed by atoms with Gasteiger partial charge in [-0.05, 0) is 25.1 Å². The first-order valence-corrected chi connectivity index (χ1v) is 9.44. The molecule has 1 aliphatic rings. The van der Waals surface area contributed by atoms with Crippen LogP contribution in [0.3, 0.4) is 0 Å². The topological polar surface area (TPSA) is 112 Å². The van der Waals surface area contributed by atoms with Crippen molar-refractivity contribution in [2.75, 3.05) is 6.54 Å². The molecule has 0 radical (unpaired) electrons. The lowest BCUT2D eigenvalue weighted by Crippen LogP contribution is -2.31. The van der Waals surface area contributed by atoms with E-state index in [1.165, 1.54) is 0 Å². The largest absolute Gasteiger partial charge is 0.490 e. The molecule has 0 bridgehead atoms. The first kappa shape index (κ1) is 22.7. The Bertz CT molecular complexity index is 1170. The Hall–Kier alpha value is -3.95. The number of hydrogen-bond donors (Lipinski definition) is 3. The van der Waals surface area contributed by atoms with Crippen LogP contribution in [0.2, 0.25) is 0 Å². The third-order valence-corrected chi connectivity index (χ3v) is 4.71. The third-order valence-electron chi connectivity index (χ3n) is 4.71. The Labute approximate surface area is 180 Å². The van der Waals surface area contributed by atoms with Crippen molar-refractivity contribution in [1.29, 1.82) is 0 Å². The van der Waals surface area contributed by atoms with E-state index in [9.17, 15) is 22.8 Å². The maximum absolute atomic E-state index is 11.9. The van der Waals surface area contributed by atoms with Crippen molar-refractivity contribution < 1.29 is 32.7 Å². The number of aromatic amines is 1. The maximum atomic E-state index is 11.9. The van der Waals surface area contributed by atoms with E-state index in [1.807, 2.05) is 42.5 Å². The monoisotopic (exact) mass is 445 g/mol. The summed E-state index contributed by atoms with van der Waals surface area (Å²) in [6, 6.07) is 13.2. The fourth-order valence-corrected chi connectivity index (χ4v) is 3.08. The molecule has 3 heterocycles. The minimum absolute atomic E-state index is 0.0298. The van der Waals surface area contributed by atoms with E-state index in [4.69, 9.17) is 9.90 Å². The zero-order valence-corrected chi connectivity index (χ0v) is 16.8. The quantitative estimate of drug-likeness (QED) is 0.530. The van der Waals surface area contributed by atoms with Crippen LogP contribution in [-0.2, 0) is 11.2 Å². The van der Waals surface area contributed by atoms with Gasteiger partial charge in [0, 0.05) is 47.2 Å². The number of alkyl halides is 3. The molecule has 10 heteroatoms. The SMILES string of the molecule is CC(=O)c1ccc(-c2cc(-c3cc4c([nH]3)CCNC4=O)ccn2)cc1.O=C(O)C(F)(F)F. The highest BCUT2D eigenvalue weighted by atomic mass is 19.4. The van der Waals surface area contributed by atoms with Gasteiger partial charge in [-0.15, -0.1) is 0 Å². The fourth-order valence-electron chi connectivity index (χ4n) is 3.08. The molecule has 1 amide bonds. The summed E-state index contributed by atoms with van der Waals surface area (Å²) in [6.07, 6.45) is -2.52. The summed E-state index contributed by atoms with van der Waals surface area (Å²) in [5.74, 6) is -2.74. The Morgan fingerprint density at radius 3 is 2.28 bits per heavy atom. The number of carboxylic acid groups (broad SMARTS) is 1. The number of fused-ring (bicyclic) bond motifs is 1. The molecule has 3 N–H and O–H groups in total. The second-order valence-corrected chi connectivity index (χ2v) is 6.95. The molecule has 7 nitrogen and oxygen atoms in total. The lowest BCUT2D eigenvalue weighted by molar-refractivity contribution is -0.192. The molecule has 0 atom stereocenters. The predicted molar refractivity (Wildman–Crippen MR) is 109 cm³/mol. The average molecular weight is 445 g/mol. The highest BCUT2D eigenvalue weighted by molar-refractivity contribution is 5.98. The van der Waals surface area contributed by atoms with Gasteiger partial charge in [0.25, 0.3) is 5.91 Å². The number of H-pyrrole nitrogens is 1. The van der Waals surface area contributed by atoms with E-state index in [1.54, 1.807) is 13.1 Å². The number of benzene rings is 1. The van der Waals surface area contributed by atoms with Crippen molar-refractivity contribution in [3.05, 3.63) is 65.5 Å². The number of nitrogens with one attached hydrogen (secondary N) is 2.